The number of nitrogens with one attached hydrogen (secondary N) is 1. The highest BCUT2D eigenvalue weighted by molar-refractivity contribution is 7.09. The molecule has 0 unspecified atom stereocenters. The van der Waals surface area contributed by atoms with Gasteiger partial charge < -0.3 is 5.32 Å². The van der Waals surface area contributed by atoms with E-state index in [0.717, 1.165) is 41.9 Å². The van der Waals surface area contributed by atoms with E-state index in [2.05, 4.69) is 25.6 Å². The van der Waals surface area contributed by atoms with Gasteiger partial charge in [-0.1, -0.05) is 12.1 Å². The van der Waals surface area contributed by atoms with Crippen molar-refractivity contribution in [2.24, 2.45) is 0 Å². The normalized spacial score (nSPS) is 11.1. The van der Waals surface area contributed by atoms with Gasteiger partial charge in [-0.2, -0.15) is 0 Å². The first-order valence-corrected chi connectivity index (χ1v) is 7.51. The third kappa shape index (κ3) is 3.18. The molecule has 0 aliphatic rings. The summed E-state index contributed by atoms with van der Waals surface area (Å²) in [6.45, 7) is 3.67. The van der Waals surface area contributed by atoms with Crippen LogP contribution < -0.4 is 5.32 Å². The molecule has 2 heterocycles. The van der Waals surface area contributed by atoms with Crippen molar-refractivity contribution >= 4 is 22.4 Å². The molecule has 0 bridgehead atoms. The minimum atomic E-state index is 0.738. The number of rotatable bonds is 5. The van der Waals surface area contributed by atoms with E-state index in [-0.39, 0.29) is 0 Å². The number of fused-ring (bicyclic) bond motifs is 1. The first-order valence-electron chi connectivity index (χ1n) is 6.63. The molecule has 0 radical (unpaired) electrons. The molecule has 0 amide bonds. The number of thiazole rings is 1. The monoisotopic (exact) mass is 284 g/mol. The van der Waals surface area contributed by atoms with Gasteiger partial charge in [0.05, 0.1) is 27.9 Å². The minimum absolute atomic E-state index is 0.738. The topological polar surface area (TPSA) is 50.7 Å². The third-order valence-electron chi connectivity index (χ3n) is 2.99. The lowest BCUT2D eigenvalue weighted by Gasteiger charge is -2.04. The fraction of sp³-hybridized carbons (Fsp3) is 0.267. The average Bonchev–Trinajstić information content (AvgIpc) is 2.89. The van der Waals surface area contributed by atoms with Crippen molar-refractivity contribution in [3.05, 3.63) is 52.2 Å². The summed E-state index contributed by atoms with van der Waals surface area (Å²) in [7, 11) is 0. The van der Waals surface area contributed by atoms with E-state index in [9.17, 15) is 0 Å². The third-order valence-corrected chi connectivity index (χ3v) is 4.01. The highest BCUT2D eigenvalue weighted by Gasteiger charge is 2.01. The van der Waals surface area contributed by atoms with Gasteiger partial charge in [0.1, 0.15) is 0 Å². The number of para-hydroxylation sites is 2. The predicted molar refractivity (Wildman–Crippen MR) is 81.8 cm³/mol. The summed E-state index contributed by atoms with van der Waals surface area (Å²) in [6.07, 6.45) is 2.79. The fourth-order valence-corrected chi connectivity index (χ4v) is 2.79. The molecule has 0 fully saturated rings. The summed E-state index contributed by atoms with van der Waals surface area (Å²) >= 11 is 1.72. The second-order valence-electron chi connectivity index (χ2n) is 4.66. The van der Waals surface area contributed by atoms with E-state index >= 15 is 0 Å². The Hall–Kier alpha value is -1.85. The zero-order chi connectivity index (χ0) is 13.8. The molecular formula is C15H16N4S. The molecule has 3 aromatic rings. The lowest BCUT2D eigenvalue weighted by molar-refractivity contribution is 0.672. The van der Waals surface area contributed by atoms with Gasteiger partial charge in [-0.15, -0.1) is 11.3 Å². The van der Waals surface area contributed by atoms with Crippen LogP contribution in [0.1, 0.15) is 16.4 Å². The molecule has 1 N–H and O–H groups in total. The molecular weight excluding hydrogens is 268 g/mol. The lowest BCUT2D eigenvalue weighted by Crippen LogP contribution is -2.17. The first-order chi connectivity index (χ1) is 9.81. The van der Waals surface area contributed by atoms with Crippen LogP contribution in [-0.2, 0) is 13.0 Å². The van der Waals surface area contributed by atoms with Crippen molar-refractivity contribution in [2.75, 3.05) is 6.54 Å². The second-order valence-corrected chi connectivity index (χ2v) is 5.60. The van der Waals surface area contributed by atoms with Crippen molar-refractivity contribution in [3.8, 4) is 0 Å². The maximum Gasteiger partial charge on any atom is 0.0940 e. The van der Waals surface area contributed by atoms with Gasteiger partial charge in [0.15, 0.2) is 0 Å². The Bertz CT molecular complexity index is 708. The molecule has 3 rings (SSSR count). The van der Waals surface area contributed by atoms with Crippen molar-refractivity contribution in [2.45, 2.75) is 19.9 Å². The van der Waals surface area contributed by atoms with Crippen LogP contribution >= 0.6 is 11.3 Å². The summed E-state index contributed by atoms with van der Waals surface area (Å²) < 4.78 is 0. The van der Waals surface area contributed by atoms with E-state index in [4.69, 9.17) is 0 Å². The summed E-state index contributed by atoms with van der Waals surface area (Å²) in [5, 5.41) is 6.66. The van der Waals surface area contributed by atoms with E-state index in [1.807, 2.05) is 37.4 Å². The standard InChI is InChI=1S/C15H16N4S/c1-11-10-20-15(18-11)6-7-16-8-12-9-17-13-4-2-3-5-14(13)19-12/h2-5,9-10,16H,6-8H2,1H3. The number of benzene rings is 1. The van der Waals surface area contributed by atoms with Crippen LogP contribution in [0.4, 0.5) is 0 Å². The van der Waals surface area contributed by atoms with Gasteiger partial charge in [-0.25, -0.2) is 9.97 Å². The van der Waals surface area contributed by atoms with Gasteiger partial charge in [0, 0.05) is 30.6 Å². The number of nitrogens with zero attached hydrogens (tertiary/aromatic N) is 3. The van der Waals surface area contributed by atoms with Crippen molar-refractivity contribution in [1.29, 1.82) is 0 Å². The molecule has 4 nitrogen and oxygen atoms in total. The predicted octanol–water partition coefficient (Wildman–Crippen LogP) is 2.73. The Morgan fingerprint density at radius 3 is 2.80 bits per heavy atom. The van der Waals surface area contributed by atoms with Crippen LogP contribution in [0.15, 0.2) is 35.8 Å². The number of aromatic nitrogens is 3. The van der Waals surface area contributed by atoms with Gasteiger partial charge >= 0.3 is 0 Å². The molecule has 1 aromatic carbocycles. The SMILES string of the molecule is Cc1csc(CCNCc2cnc3ccccc3n2)n1. The molecule has 5 heteroatoms. The van der Waals surface area contributed by atoms with Gasteiger partial charge in [-0.3, -0.25) is 4.98 Å². The smallest absolute Gasteiger partial charge is 0.0940 e. The van der Waals surface area contributed by atoms with E-state index in [0.29, 0.717) is 0 Å². The van der Waals surface area contributed by atoms with E-state index in [1.54, 1.807) is 11.3 Å². The average molecular weight is 284 g/mol. The van der Waals surface area contributed by atoms with Crippen LogP contribution in [0.2, 0.25) is 0 Å². The fourth-order valence-electron chi connectivity index (χ4n) is 2.01. The van der Waals surface area contributed by atoms with Crippen molar-refractivity contribution < 1.29 is 0 Å². The van der Waals surface area contributed by atoms with E-state index < -0.39 is 0 Å². The summed E-state index contributed by atoms with van der Waals surface area (Å²) in [6, 6.07) is 7.93. The minimum Gasteiger partial charge on any atom is -0.311 e. The Morgan fingerprint density at radius 1 is 1.15 bits per heavy atom. The maximum absolute atomic E-state index is 4.59. The van der Waals surface area contributed by atoms with Gasteiger partial charge in [-0.05, 0) is 19.1 Å². The molecule has 102 valence electrons. The molecule has 0 saturated heterocycles. The molecule has 0 aliphatic carbocycles. The highest BCUT2D eigenvalue weighted by Crippen LogP contribution is 2.09. The second kappa shape index (κ2) is 6.07. The molecule has 0 saturated carbocycles. The van der Waals surface area contributed by atoms with Gasteiger partial charge in [0.25, 0.3) is 0 Å². The molecule has 0 spiro atoms. The van der Waals surface area contributed by atoms with Crippen LogP contribution in [-0.4, -0.2) is 21.5 Å². The maximum atomic E-state index is 4.59. The summed E-state index contributed by atoms with van der Waals surface area (Å²) in [5.74, 6) is 0. The van der Waals surface area contributed by atoms with Crippen LogP contribution in [0.3, 0.4) is 0 Å². The van der Waals surface area contributed by atoms with Gasteiger partial charge in [0.2, 0.25) is 0 Å². The van der Waals surface area contributed by atoms with Crippen LogP contribution in [0.5, 0.6) is 0 Å². The number of hydrogen-bond donors (Lipinski definition) is 1. The van der Waals surface area contributed by atoms with Crippen LogP contribution in [0.25, 0.3) is 11.0 Å². The Labute approximate surface area is 121 Å². The first kappa shape index (κ1) is 13.1. The summed E-state index contributed by atoms with van der Waals surface area (Å²) in [5.41, 5.74) is 3.96. The number of hydrogen-bond acceptors (Lipinski definition) is 5. The molecule has 0 aliphatic heterocycles. The van der Waals surface area contributed by atoms with Crippen LogP contribution in [0, 0.1) is 6.92 Å². The lowest BCUT2D eigenvalue weighted by atomic mass is 10.3. The number of aryl methyl sites for hydroxylation is 1. The van der Waals surface area contributed by atoms with Crippen molar-refractivity contribution in [1.82, 2.24) is 20.3 Å². The zero-order valence-corrected chi connectivity index (χ0v) is 12.2. The largest absolute Gasteiger partial charge is 0.311 e. The molecule has 0 atom stereocenters. The molecule has 2 aromatic heterocycles. The Morgan fingerprint density at radius 2 is 2.00 bits per heavy atom. The van der Waals surface area contributed by atoms with Crippen molar-refractivity contribution in [3.63, 3.8) is 0 Å². The van der Waals surface area contributed by atoms with E-state index in [1.165, 1.54) is 5.01 Å². The summed E-state index contributed by atoms with van der Waals surface area (Å²) in [4.78, 5) is 13.4. The Balaban J connectivity index is 1.54. The highest BCUT2D eigenvalue weighted by atomic mass is 32.1. The quantitative estimate of drug-likeness (QED) is 0.732. The zero-order valence-electron chi connectivity index (χ0n) is 11.3. The molecule has 20 heavy (non-hydrogen) atoms. The Kier molecular flexibility index (Phi) is 3.99.